The number of imidazole rings is 1. The van der Waals surface area contributed by atoms with Crippen molar-refractivity contribution in [3.63, 3.8) is 0 Å². The summed E-state index contributed by atoms with van der Waals surface area (Å²) in [6.45, 7) is 0. The molecule has 4 aromatic rings. The number of hydrogen-bond donors (Lipinski definition) is 1. The second kappa shape index (κ2) is 9.02. The summed E-state index contributed by atoms with van der Waals surface area (Å²) in [5.41, 5.74) is 3.04. The molecule has 0 bridgehead atoms. The fourth-order valence-corrected chi connectivity index (χ4v) is 4.50. The van der Waals surface area contributed by atoms with Crippen molar-refractivity contribution in [2.45, 2.75) is 38.1 Å². The van der Waals surface area contributed by atoms with E-state index in [1.807, 2.05) is 0 Å². The maximum absolute atomic E-state index is 14.7. The average Bonchev–Trinajstić information content (AvgIpc) is 3.50. The quantitative estimate of drug-likeness (QED) is 0.364. The van der Waals surface area contributed by atoms with Gasteiger partial charge in [0.1, 0.15) is 11.6 Å². The van der Waals surface area contributed by atoms with E-state index in [4.69, 9.17) is 4.42 Å². The lowest BCUT2D eigenvalue weighted by Crippen LogP contribution is -2.14. The van der Waals surface area contributed by atoms with E-state index in [9.17, 15) is 13.6 Å². The van der Waals surface area contributed by atoms with Gasteiger partial charge < -0.3 is 14.3 Å². The molecule has 5 nitrogen and oxygen atoms in total. The lowest BCUT2D eigenvalue weighted by molar-refractivity contribution is 0.0996. The summed E-state index contributed by atoms with van der Waals surface area (Å²) in [4.78, 5) is 17.1. The second-order valence-electron chi connectivity index (χ2n) is 8.31. The Hall–Kier alpha value is -3.74. The molecule has 1 aliphatic carbocycles. The first-order chi connectivity index (χ1) is 16.1. The number of amides is 1. The first-order valence-corrected chi connectivity index (χ1v) is 11.1. The maximum atomic E-state index is 14.7. The predicted octanol–water partition coefficient (Wildman–Crippen LogP) is 6.85. The molecular formula is C26H23F2N3O2. The number of aromatic nitrogens is 2. The summed E-state index contributed by atoms with van der Waals surface area (Å²) in [6, 6.07) is 14.0. The highest BCUT2D eigenvalue weighted by atomic mass is 19.1. The molecule has 2 aromatic carbocycles. The van der Waals surface area contributed by atoms with Crippen molar-refractivity contribution < 1.29 is 18.0 Å². The van der Waals surface area contributed by atoms with E-state index >= 15 is 0 Å². The van der Waals surface area contributed by atoms with E-state index in [-0.39, 0.29) is 17.6 Å². The van der Waals surface area contributed by atoms with Crippen molar-refractivity contribution in [1.29, 1.82) is 0 Å². The van der Waals surface area contributed by atoms with Crippen LogP contribution < -0.4 is 5.32 Å². The Bertz CT molecular complexity index is 1260. The van der Waals surface area contributed by atoms with Crippen LogP contribution in [0.15, 0.2) is 71.6 Å². The minimum atomic E-state index is -0.483. The van der Waals surface area contributed by atoms with Gasteiger partial charge >= 0.3 is 0 Å². The van der Waals surface area contributed by atoms with Crippen molar-refractivity contribution in [1.82, 2.24) is 9.55 Å². The topological polar surface area (TPSA) is 60.1 Å². The Labute approximate surface area is 190 Å². The van der Waals surface area contributed by atoms with Gasteiger partial charge in [0.05, 0.1) is 24.0 Å². The van der Waals surface area contributed by atoms with E-state index in [0.29, 0.717) is 16.9 Å². The summed E-state index contributed by atoms with van der Waals surface area (Å²) >= 11 is 0. The Morgan fingerprint density at radius 1 is 0.970 bits per heavy atom. The minimum Gasteiger partial charge on any atom is -0.459 e. The summed E-state index contributed by atoms with van der Waals surface area (Å²) in [5, 5.41) is 2.70. The Morgan fingerprint density at radius 3 is 2.48 bits per heavy atom. The molecule has 1 amide bonds. The van der Waals surface area contributed by atoms with Gasteiger partial charge in [-0.1, -0.05) is 19.3 Å². The summed E-state index contributed by atoms with van der Waals surface area (Å²) in [5.74, 6) is -1.14. The molecule has 1 saturated carbocycles. The van der Waals surface area contributed by atoms with Gasteiger partial charge in [-0.3, -0.25) is 4.79 Å². The molecule has 0 unspecified atom stereocenters. The zero-order valence-corrected chi connectivity index (χ0v) is 17.9. The Balaban J connectivity index is 1.59. The van der Waals surface area contributed by atoms with E-state index in [1.54, 1.807) is 36.7 Å². The zero-order chi connectivity index (χ0) is 22.8. The number of nitrogens with one attached hydrogen (secondary N) is 1. The van der Waals surface area contributed by atoms with Crippen LogP contribution in [0.25, 0.3) is 22.5 Å². The molecule has 33 heavy (non-hydrogen) atoms. The van der Waals surface area contributed by atoms with E-state index in [2.05, 4.69) is 14.9 Å². The number of furan rings is 1. The van der Waals surface area contributed by atoms with Crippen LogP contribution in [0.1, 0.15) is 48.7 Å². The highest BCUT2D eigenvalue weighted by molar-refractivity contribution is 6.02. The summed E-state index contributed by atoms with van der Waals surface area (Å²) in [7, 11) is 0. The highest BCUT2D eigenvalue weighted by Crippen LogP contribution is 2.38. The molecule has 0 aliphatic heterocycles. The molecule has 5 rings (SSSR count). The number of halogens is 2. The van der Waals surface area contributed by atoms with E-state index in [0.717, 1.165) is 36.9 Å². The third-order valence-corrected chi connectivity index (χ3v) is 6.05. The fraction of sp³-hybridized carbons (Fsp3) is 0.231. The predicted molar refractivity (Wildman–Crippen MR) is 122 cm³/mol. The first-order valence-electron chi connectivity index (χ1n) is 11.1. The maximum Gasteiger partial charge on any atom is 0.291 e. The number of carbonyl (C=O) groups is 1. The van der Waals surface area contributed by atoms with Gasteiger partial charge in [-0.2, -0.15) is 0 Å². The number of rotatable bonds is 5. The standard InChI is InChI=1S/C26H23F2N3O2/c27-19-10-8-17(9-11-19)24-25(31(16-29-24)22-5-2-1-3-6-22)18-13-20(28)15-21(14-18)30-26(32)23-7-4-12-33-23/h4,7-16,22H,1-3,5-6H2,(H,30,32). The molecule has 168 valence electrons. The van der Waals surface area contributed by atoms with Crippen LogP contribution in [0.2, 0.25) is 0 Å². The molecular weight excluding hydrogens is 424 g/mol. The van der Waals surface area contributed by atoms with Crippen molar-refractivity contribution >= 4 is 11.6 Å². The van der Waals surface area contributed by atoms with Crippen molar-refractivity contribution in [2.75, 3.05) is 5.32 Å². The van der Waals surface area contributed by atoms with Gasteiger partial charge in [-0.15, -0.1) is 0 Å². The van der Waals surface area contributed by atoms with Gasteiger partial charge in [0, 0.05) is 22.9 Å². The molecule has 1 aliphatic rings. The van der Waals surface area contributed by atoms with Crippen molar-refractivity contribution in [3.05, 3.63) is 84.6 Å². The SMILES string of the molecule is O=C(Nc1cc(F)cc(-c2c(-c3ccc(F)cc3)ncn2C2CCCCC2)c1)c1ccco1. The van der Waals surface area contributed by atoms with E-state index in [1.165, 1.54) is 36.9 Å². The van der Waals surface area contributed by atoms with Gasteiger partial charge in [-0.05, 0) is 67.4 Å². The van der Waals surface area contributed by atoms with Crippen LogP contribution in [0.4, 0.5) is 14.5 Å². The van der Waals surface area contributed by atoms with Crippen LogP contribution in [0.3, 0.4) is 0 Å². The fourth-order valence-electron chi connectivity index (χ4n) is 4.50. The largest absolute Gasteiger partial charge is 0.459 e. The number of anilines is 1. The zero-order valence-electron chi connectivity index (χ0n) is 17.9. The van der Waals surface area contributed by atoms with Gasteiger partial charge in [0.2, 0.25) is 0 Å². The monoisotopic (exact) mass is 447 g/mol. The second-order valence-corrected chi connectivity index (χ2v) is 8.31. The Kier molecular flexibility index (Phi) is 5.77. The molecule has 0 saturated heterocycles. The van der Waals surface area contributed by atoms with Crippen molar-refractivity contribution in [3.8, 4) is 22.5 Å². The lowest BCUT2D eigenvalue weighted by atomic mass is 9.94. The summed E-state index contributed by atoms with van der Waals surface area (Å²) in [6.07, 6.45) is 8.69. The Morgan fingerprint density at radius 2 is 1.76 bits per heavy atom. The third-order valence-electron chi connectivity index (χ3n) is 6.05. The van der Waals surface area contributed by atoms with Gasteiger partial charge in [-0.25, -0.2) is 13.8 Å². The van der Waals surface area contributed by atoms with Crippen LogP contribution in [-0.2, 0) is 0 Å². The van der Waals surface area contributed by atoms with E-state index < -0.39 is 11.7 Å². The summed E-state index contributed by atoms with van der Waals surface area (Å²) < 4.78 is 35.5. The molecule has 2 aromatic heterocycles. The lowest BCUT2D eigenvalue weighted by Gasteiger charge is -2.25. The van der Waals surface area contributed by atoms with Crippen LogP contribution in [0.5, 0.6) is 0 Å². The number of nitrogens with zero attached hydrogens (tertiary/aromatic N) is 2. The third kappa shape index (κ3) is 4.44. The normalized spacial score (nSPS) is 14.4. The molecule has 1 fully saturated rings. The smallest absolute Gasteiger partial charge is 0.291 e. The molecule has 7 heteroatoms. The molecule has 2 heterocycles. The van der Waals surface area contributed by atoms with Gasteiger partial charge in [0.15, 0.2) is 5.76 Å². The van der Waals surface area contributed by atoms with Gasteiger partial charge in [0.25, 0.3) is 5.91 Å². The molecule has 0 spiro atoms. The minimum absolute atomic E-state index is 0.139. The van der Waals surface area contributed by atoms with Crippen LogP contribution in [-0.4, -0.2) is 15.5 Å². The molecule has 0 radical (unpaired) electrons. The number of carbonyl (C=O) groups excluding carboxylic acids is 1. The highest BCUT2D eigenvalue weighted by Gasteiger charge is 2.23. The molecule has 1 N–H and O–H groups in total. The number of benzene rings is 2. The van der Waals surface area contributed by atoms with Crippen molar-refractivity contribution in [2.24, 2.45) is 0 Å². The molecule has 0 atom stereocenters. The van der Waals surface area contributed by atoms with Crippen LogP contribution >= 0.6 is 0 Å². The average molecular weight is 447 g/mol. The van der Waals surface area contributed by atoms with Crippen LogP contribution in [0, 0.1) is 11.6 Å². The number of hydrogen-bond acceptors (Lipinski definition) is 3. The first kappa shape index (κ1) is 21.1.